The molecule has 0 aromatic heterocycles. The number of amides is 2. The molecule has 0 saturated heterocycles. The molecule has 132 valence electrons. The van der Waals surface area contributed by atoms with E-state index < -0.39 is 18.0 Å². The van der Waals surface area contributed by atoms with Gasteiger partial charge in [-0.1, -0.05) is 60.2 Å². The summed E-state index contributed by atoms with van der Waals surface area (Å²) >= 11 is 0. The van der Waals surface area contributed by atoms with Gasteiger partial charge < -0.3 is 4.74 Å². The average molecular weight is 342 g/mol. The minimum atomic E-state index is -0.750. The topological polar surface area (TPSA) is 96.7 Å². The smallest absolute Gasteiger partial charge is 0.426 e. The summed E-state index contributed by atoms with van der Waals surface area (Å²) in [6, 6.07) is 15.9. The normalized spacial score (nSPS) is 11.7. The molecule has 2 amide bonds. The molecule has 1 atom stereocenters. The van der Waals surface area contributed by atoms with Crippen LogP contribution in [0.15, 0.2) is 54.6 Å². The number of nitrogens with two attached hydrogens (primary N) is 1. The van der Waals surface area contributed by atoms with Crippen LogP contribution in [0, 0.1) is 6.92 Å². The van der Waals surface area contributed by atoms with Gasteiger partial charge in [-0.15, -0.1) is 0 Å². The van der Waals surface area contributed by atoms with Crippen molar-refractivity contribution in [2.75, 3.05) is 7.05 Å². The number of likely N-dealkylation sites (N-methyl/N-ethyl adjacent to an activating group) is 1. The Morgan fingerprint density at radius 1 is 1.08 bits per heavy atom. The van der Waals surface area contributed by atoms with E-state index >= 15 is 0 Å². The van der Waals surface area contributed by atoms with Crippen molar-refractivity contribution >= 4 is 12.0 Å². The van der Waals surface area contributed by atoms with Gasteiger partial charge in [0.2, 0.25) is 0 Å². The highest BCUT2D eigenvalue weighted by molar-refractivity contribution is 5.84. The van der Waals surface area contributed by atoms with E-state index in [2.05, 4.69) is 10.9 Å². The van der Waals surface area contributed by atoms with Crippen LogP contribution in [0.3, 0.4) is 0 Å². The summed E-state index contributed by atoms with van der Waals surface area (Å²) in [7, 11) is 1.58. The van der Waals surface area contributed by atoms with E-state index in [1.807, 2.05) is 61.5 Å². The third kappa shape index (κ3) is 5.59. The lowest BCUT2D eigenvalue weighted by Crippen LogP contribution is -2.49. The summed E-state index contributed by atoms with van der Waals surface area (Å²) in [6.07, 6.45) is -0.750. The van der Waals surface area contributed by atoms with Crippen molar-refractivity contribution in [3.8, 4) is 0 Å². The Hall–Kier alpha value is -2.90. The maximum absolute atomic E-state index is 12.3. The Morgan fingerprint density at radius 3 is 2.32 bits per heavy atom. The number of ether oxygens (including phenoxy) is 1. The zero-order chi connectivity index (χ0) is 18.2. The molecule has 0 aliphatic carbocycles. The molecule has 0 bridgehead atoms. The van der Waals surface area contributed by atoms with Gasteiger partial charge in [-0.3, -0.25) is 16.1 Å². The molecule has 0 spiro atoms. The SMILES string of the molecule is Cc1ccc(C(C(=O)NNC(=O)OCc2ccccc2)N(C)N)cc1. The maximum Gasteiger partial charge on any atom is 0.426 e. The monoisotopic (exact) mass is 342 g/mol. The number of nitrogens with one attached hydrogen (secondary N) is 2. The second kappa shape index (κ2) is 8.81. The zero-order valence-corrected chi connectivity index (χ0v) is 14.2. The third-order valence-electron chi connectivity index (χ3n) is 3.55. The van der Waals surface area contributed by atoms with Crippen molar-refractivity contribution in [3.05, 3.63) is 71.3 Å². The summed E-state index contributed by atoms with van der Waals surface area (Å²) in [5.41, 5.74) is 7.19. The summed E-state index contributed by atoms with van der Waals surface area (Å²) in [5, 5.41) is 1.27. The maximum atomic E-state index is 12.3. The molecule has 0 aliphatic rings. The van der Waals surface area contributed by atoms with Gasteiger partial charge in [-0.2, -0.15) is 0 Å². The summed E-state index contributed by atoms with van der Waals surface area (Å²) in [5.74, 6) is 5.31. The number of aryl methyl sites for hydroxylation is 1. The molecule has 2 rings (SSSR count). The minimum Gasteiger partial charge on any atom is -0.443 e. The summed E-state index contributed by atoms with van der Waals surface area (Å²) < 4.78 is 5.03. The zero-order valence-electron chi connectivity index (χ0n) is 14.2. The number of hydrogen-bond donors (Lipinski definition) is 3. The lowest BCUT2D eigenvalue weighted by atomic mass is 10.0. The minimum absolute atomic E-state index is 0.112. The van der Waals surface area contributed by atoms with E-state index in [0.717, 1.165) is 11.1 Å². The first-order valence-corrected chi connectivity index (χ1v) is 7.78. The summed E-state index contributed by atoms with van der Waals surface area (Å²) in [4.78, 5) is 24.0. The molecular weight excluding hydrogens is 320 g/mol. The van der Waals surface area contributed by atoms with Crippen LogP contribution in [-0.2, 0) is 16.1 Å². The quantitative estimate of drug-likeness (QED) is 0.569. The second-order valence-electron chi connectivity index (χ2n) is 5.65. The fraction of sp³-hybridized carbons (Fsp3) is 0.222. The van der Waals surface area contributed by atoms with Crippen molar-refractivity contribution in [2.45, 2.75) is 19.6 Å². The molecule has 1 unspecified atom stereocenters. The Labute approximate surface area is 146 Å². The van der Waals surface area contributed by atoms with Crippen LogP contribution in [-0.4, -0.2) is 24.1 Å². The van der Waals surface area contributed by atoms with E-state index in [4.69, 9.17) is 10.6 Å². The van der Waals surface area contributed by atoms with Crippen molar-refractivity contribution in [2.24, 2.45) is 5.84 Å². The van der Waals surface area contributed by atoms with E-state index in [9.17, 15) is 9.59 Å². The Balaban J connectivity index is 1.88. The van der Waals surface area contributed by atoms with E-state index in [1.54, 1.807) is 7.05 Å². The van der Waals surface area contributed by atoms with Crippen LogP contribution < -0.4 is 16.7 Å². The molecule has 7 heteroatoms. The van der Waals surface area contributed by atoms with Crippen LogP contribution in [0.5, 0.6) is 0 Å². The molecule has 0 saturated carbocycles. The van der Waals surface area contributed by atoms with E-state index in [1.165, 1.54) is 5.01 Å². The molecule has 4 N–H and O–H groups in total. The number of rotatable bonds is 5. The standard InChI is InChI=1S/C18H22N4O3/c1-13-8-10-15(11-9-13)16(22(2)19)17(23)20-21-18(24)25-12-14-6-4-3-5-7-14/h3-11,16H,12,19H2,1-2H3,(H,20,23)(H,21,24). The number of carbonyl (C=O) groups excluding carboxylic acids is 2. The van der Waals surface area contributed by atoms with Gasteiger partial charge in [-0.05, 0) is 18.1 Å². The Morgan fingerprint density at radius 2 is 1.72 bits per heavy atom. The number of hydrazine groups is 2. The molecule has 0 aliphatic heterocycles. The first-order valence-electron chi connectivity index (χ1n) is 7.78. The van der Waals surface area contributed by atoms with Gasteiger partial charge in [0.25, 0.3) is 5.91 Å². The Bertz CT molecular complexity index is 702. The highest BCUT2D eigenvalue weighted by Crippen LogP contribution is 2.17. The van der Waals surface area contributed by atoms with Crippen LogP contribution in [0.1, 0.15) is 22.7 Å². The van der Waals surface area contributed by atoms with Crippen molar-refractivity contribution in [3.63, 3.8) is 0 Å². The fourth-order valence-electron chi connectivity index (χ4n) is 2.26. The molecule has 0 radical (unpaired) electrons. The van der Waals surface area contributed by atoms with E-state index in [-0.39, 0.29) is 6.61 Å². The summed E-state index contributed by atoms with van der Waals surface area (Å²) in [6.45, 7) is 2.07. The second-order valence-corrected chi connectivity index (χ2v) is 5.65. The van der Waals surface area contributed by atoms with Gasteiger partial charge in [0.15, 0.2) is 0 Å². The van der Waals surface area contributed by atoms with Gasteiger partial charge in [0.1, 0.15) is 12.6 Å². The van der Waals surface area contributed by atoms with E-state index in [0.29, 0.717) is 5.56 Å². The predicted molar refractivity (Wildman–Crippen MR) is 93.8 cm³/mol. The van der Waals surface area contributed by atoms with Crippen molar-refractivity contribution < 1.29 is 14.3 Å². The van der Waals surface area contributed by atoms with Crippen molar-refractivity contribution in [1.29, 1.82) is 0 Å². The molecule has 0 heterocycles. The number of hydrogen-bond acceptors (Lipinski definition) is 5. The first-order chi connectivity index (χ1) is 12.0. The molecule has 7 nitrogen and oxygen atoms in total. The van der Waals surface area contributed by atoms with Gasteiger partial charge in [0, 0.05) is 7.05 Å². The average Bonchev–Trinajstić information content (AvgIpc) is 2.60. The van der Waals surface area contributed by atoms with Crippen LogP contribution in [0.2, 0.25) is 0 Å². The van der Waals surface area contributed by atoms with Crippen LogP contribution in [0.4, 0.5) is 4.79 Å². The lowest BCUT2D eigenvalue weighted by Gasteiger charge is -2.23. The fourth-order valence-corrected chi connectivity index (χ4v) is 2.26. The first kappa shape index (κ1) is 18.4. The molecule has 2 aromatic rings. The highest BCUT2D eigenvalue weighted by Gasteiger charge is 2.23. The lowest BCUT2D eigenvalue weighted by molar-refractivity contribution is -0.127. The Kier molecular flexibility index (Phi) is 6.50. The predicted octanol–water partition coefficient (Wildman–Crippen LogP) is 1.80. The van der Waals surface area contributed by atoms with Gasteiger partial charge in [-0.25, -0.2) is 15.2 Å². The van der Waals surface area contributed by atoms with Crippen molar-refractivity contribution in [1.82, 2.24) is 15.9 Å². The van der Waals surface area contributed by atoms with Gasteiger partial charge >= 0.3 is 6.09 Å². The molecule has 0 fully saturated rings. The number of benzene rings is 2. The largest absolute Gasteiger partial charge is 0.443 e. The molecule has 2 aromatic carbocycles. The van der Waals surface area contributed by atoms with Crippen LogP contribution in [0.25, 0.3) is 0 Å². The number of nitrogens with zero attached hydrogens (tertiary/aromatic N) is 1. The highest BCUT2D eigenvalue weighted by atomic mass is 16.6. The third-order valence-corrected chi connectivity index (χ3v) is 3.55. The van der Waals surface area contributed by atoms with Gasteiger partial charge in [0.05, 0.1) is 0 Å². The van der Waals surface area contributed by atoms with Crippen LogP contribution >= 0.6 is 0 Å². The molecule has 25 heavy (non-hydrogen) atoms. The number of carbonyl (C=O) groups is 2. The molecular formula is C18H22N4O3.